The summed E-state index contributed by atoms with van der Waals surface area (Å²) in [5, 5.41) is 0. The fourth-order valence-electron chi connectivity index (χ4n) is 5.09. The van der Waals surface area contributed by atoms with Crippen molar-refractivity contribution in [1.29, 1.82) is 0 Å². The molecule has 35 heavy (non-hydrogen) atoms. The van der Waals surface area contributed by atoms with E-state index in [1.165, 1.54) is 22.5 Å². The van der Waals surface area contributed by atoms with Crippen LogP contribution in [0, 0.1) is 13.8 Å². The number of aromatic nitrogens is 2. The molecule has 0 radical (unpaired) electrons. The van der Waals surface area contributed by atoms with Gasteiger partial charge in [0, 0.05) is 63.7 Å². The zero-order chi connectivity index (χ0) is 24.4. The Morgan fingerprint density at radius 2 is 1.26 bits per heavy atom. The summed E-state index contributed by atoms with van der Waals surface area (Å²) in [6.07, 6.45) is 1.66. The van der Waals surface area contributed by atoms with Crippen molar-refractivity contribution in [3.05, 3.63) is 59.9 Å². The van der Waals surface area contributed by atoms with Gasteiger partial charge in [-0.2, -0.15) is 0 Å². The zero-order valence-electron chi connectivity index (χ0n) is 20.9. The molecule has 3 aromatic rings. The average molecular weight is 474 g/mol. The molecule has 2 fully saturated rings. The molecule has 2 aromatic carbocycles. The van der Waals surface area contributed by atoms with E-state index in [-0.39, 0.29) is 0 Å². The van der Waals surface area contributed by atoms with Crippen LogP contribution in [0.2, 0.25) is 0 Å². The first-order chi connectivity index (χ1) is 17.0. The zero-order valence-corrected chi connectivity index (χ0v) is 20.9. The van der Waals surface area contributed by atoms with Gasteiger partial charge in [0.05, 0.1) is 7.11 Å². The van der Waals surface area contributed by atoms with Crippen molar-refractivity contribution in [2.24, 2.45) is 0 Å². The van der Waals surface area contributed by atoms with Crippen molar-refractivity contribution in [2.45, 2.75) is 13.8 Å². The molecule has 2 N–H and O–H groups in total. The highest BCUT2D eigenvalue weighted by Crippen LogP contribution is 2.32. The summed E-state index contributed by atoms with van der Waals surface area (Å²) in [6.45, 7) is 11.6. The Hall–Kier alpha value is -3.68. The van der Waals surface area contributed by atoms with Crippen LogP contribution in [0.5, 0.6) is 5.75 Å². The molecule has 8 heteroatoms. The Bertz CT molecular complexity index is 1150. The van der Waals surface area contributed by atoms with Gasteiger partial charge in [-0.25, -0.2) is 9.97 Å². The lowest BCUT2D eigenvalue weighted by Crippen LogP contribution is -2.48. The molecule has 8 nitrogen and oxygen atoms in total. The Morgan fingerprint density at radius 3 is 1.83 bits per heavy atom. The molecule has 2 aliphatic heterocycles. The summed E-state index contributed by atoms with van der Waals surface area (Å²) in [7, 11) is 1.69. The van der Waals surface area contributed by atoms with E-state index in [9.17, 15) is 0 Å². The molecule has 1 aromatic heterocycles. The smallest absolute Gasteiger partial charge is 0.157 e. The lowest BCUT2D eigenvalue weighted by molar-refractivity contribution is 0.415. The van der Waals surface area contributed by atoms with Crippen molar-refractivity contribution in [2.75, 3.05) is 84.8 Å². The summed E-state index contributed by atoms with van der Waals surface area (Å²) in [4.78, 5) is 18.6. The first-order valence-electron chi connectivity index (χ1n) is 12.4. The van der Waals surface area contributed by atoms with E-state index >= 15 is 0 Å². The van der Waals surface area contributed by atoms with E-state index in [0.717, 1.165) is 69.7 Å². The van der Waals surface area contributed by atoms with Crippen LogP contribution in [0.15, 0.2) is 48.8 Å². The normalized spacial score (nSPS) is 16.5. The van der Waals surface area contributed by atoms with Gasteiger partial charge in [0.2, 0.25) is 0 Å². The van der Waals surface area contributed by atoms with E-state index in [1.54, 1.807) is 13.4 Å². The van der Waals surface area contributed by atoms with Gasteiger partial charge in [-0.1, -0.05) is 12.1 Å². The molecule has 2 aliphatic rings. The van der Waals surface area contributed by atoms with E-state index in [0.29, 0.717) is 5.69 Å². The molecule has 184 valence electrons. The molecular formula is C27H35N7O. The minimum absolute atomic E-state index is 0.686. The molecule has 0 spiro atoms. The summed E-state index contributed by atoms with van der Waals surface area (Å²) in [6, 6.07) is 14.8. The fourth-order valence-corrected chi connectivity index (χ4v) is 5.09. The average Bonchev–Trinajstić information content (AvgIpc) is 2.91. The van der Waals surface area contributed by atoms with Crippen LogP contribution in [0.4, 0.5) is 28.7 Å². The number of rotatable bonds is 5. The van der Waals surface area contributed by atoms with Gasteiger partial charge in [-0.3, -0.25) is 0 Å². The SMILES string of the molecule is COc1ccc(N2CCN(c3ncnc(N4CCN(c5cccc(C)c5C)CC4)c3N)CC2)cc1. The van der Waals surface area contributed by atoms with Crippen LogP contribution < -0.4 is 30.1 Å². The molecule has 3 heterocycles. The van der Waals surface area contributed by atoms with Gasteiger partial charge < -0.3 is 30.1 Å². The maximum absolute atomic E-state index is 6.66. The number of benzene rings is 2. The van der Waals surface area contributed by atoms with Crippen LogP contribution in [-0.4, -0.2) is 69.4 Å². The molecule has 0 unspecified atom stereocenters. The van der Waals surface area contributed by atoms with Crippen LogP contribution in [0.25, 0.3) is 0 Å². The predicted octanol–water partition coefficient (Wildman–Crippen LogP) is 3.34. The number of methoxy groups -OCH3 is 1. The van der Waals surface area contributed by atoms with E-state index in [2.05, 4.69) is 73.7 Å². The number of anilines is 5. The second-order valence-electron chi connectivity index (χ2n) is 9.30. The molecular weight excluding hydrogens is 438 g/mol. The Kier molecular flexibility index (Phi) is 6.53. The Labute approximate surface area is 207 Å². The maximum atomic E-state index is 6.66. The van der Waals surface area contributed by atoms with Gasteiger partial charge in [-0.15, -0.1) is 0 Å². The van der Waals surface area contributed by atoms with Gasteiger partial charge in [0.15, 0.2) is 11.6 Å². The summed E-state index contributed by atoms with van der Waals surface area (Å²) >= 11 is 0. The number of aryl methyl sites for hydroxylation is 1. The van der Waals surface area contributed by atoms with E-state index in [4.69, 9.17) is 10.5 Å². The fraction of sp³-hybridized carbons (Fsp3) is 0.407. The van der Waals surface area contributed by atoms with Gasteiger partial charge >= 0.3 is 0 Å². The largest absolute Gasteiger partial charge is 0.497 e. The second-order valence-corrected chi connectivity index (χ2v) is 9.30. The van der Waals surface area contributed by atoms with Crippen LogP contribution in [0.3, 0.4) is 0 Å². The predicted molar refractivity (Wildman–Crippen MR) is 144 cm³/mol. The molecule has 0 aliphatic carbocycles. The lowest BCUT2D eigenvalue weighted by atomic mass is 10.1. The number of hydrogen-bond donors (Lipinski definition) is 1. The highest BCUT2D eigenvalue weighted by Gasteiger charge is 2.25. The molecule has 0 saturated carbocycles. The van der Waals surface area contributed by atoms with Crippen molar-refractivity contribution in [1.82, 2.24) is 9.97 Å². The Balaban J connectivity index is 1.23. The first-order valence-corrected chi connectivity index (χ1v) is 12.4. The second kappa shape index (κ2) is 9.90. The lowest BCUT2D eigenvalue weighted by Gasteiger charge is -2.39. The standard InChI is InChI=1S/C27H35N7O/c1-20-5-4-6-24(21(20)2)32-13-17-34(18-14-32)27-25(28)26(29-19-30-27)33-15-11-31(12-16-33)22-7-9-23(35-3)10-8-22/h4-10,19H,11-18,28H2,1-3H3. The number of ether oxygens (including phenoxy) is 1. The highest BCUT2D eigenvalue weighted by atomic mass is 16.5. The number of nitrogen functional groups attached to an aromatic ring is 1. The van der Waals surface area contributed by atoms with Crippen molar-refractivity contribution in [3.8, 4) is 5.75 Å². The Morgan fingerprint density at radius 1 is 0.714 bits per heavy atom. The first kappa shape index (κ1) is 23.1. The van der Waals surface area contributed by atoms with Gasteiger partial charge in [0.1, 0.15) is 17.8 Å². The monoisotopic (exact) mass is 473 g/mol. The number of nitrogens with two attached hydrogens (primary N) is 1. The van der Waals surface area contributed by atoms with Gasteiger partial charge in [-0.05, 0) is 55.3 Å². The minimum Gasteiger partial charge on any atom is -0.497 e. The van der Waals surface area contributed by atoms with Crippen LogP contribution in [-0.2, 0) is 0 Å². The van der Waals surface area contributed by atoms with Crippen LogP contribution >= 0.6 is 0 Å². The molecule has 0 atom stereocenters. The highest BCUT2D eigenvalue weighted by molar-refractivity contribution is 5.76. The molecule has 5 rings (SSSR count). The molecule has 2 saturated heterocycles. The number of piperazine rings is 2. The third kappa shape index (κ3) is 4.65. The summed E-state index contributed by atoms with van der Waals surface area (Å²) < 4.78 is 5.28. The van der Waals surface area contributed by atoms with Crippen LogP contribution in [0.1, 0.15) is 11.1 Å². The maximum Gasteiger partial charge on any atom is 0.157 e. The third-order valence-corrected chi connectivity index (χ3v) is 7.35. The van der Waals surface area contributed by atoms with E-state index in [1.807, 2.05) is 12.1 Å². The van der Waals surface area contributed by atoms with Crippen molar-refractivity contribution < 1.29 is 4.74 Å². The van der Waals surface area contributed by atoms with Gasteiger partial charge in [0.25, 0.3) is 0 Å². The number of hydrogen-bond acceptors (Lipinski definition) is 8. The van der Waals surface area contributed by atoms with E-state index < -0.39 is 0 Å². The summed E-state index contributed by atoms with van der Waals surface area (Å²) in [5.74, 6) is 2.58. The quantitative estimate of drug-likeness (QED) is 0.605. The molecule has 0 amide bonds. The molecule has 0 bridgehead atoms. The summed E-state index contributed by atoms with van der Waals surface area (Å²) in [5.41, 5.74) is 12.6. The topological polar surface area (TPSA) is 74.0 Å². The van der Waals surface area contributed by atoms with Crippen molar-refractivity contribution in [3.63, 3.8) is 0 Å². The third-order valence-electron chi connectivity index (χ3n) is 7.35. The van der Waals surface area contributed by atoms with Crippen molar-refractivity contribution >= 4 is 28.7 Å². The number of nitrogens with zero attached hydrogens (tertiary/aromatic N) is 6. The minimum atomic E-state index is 0.686.